The molecule has 2 aromatic carbocycles. The number of rotatable bonds is 8. The summed E-state index contributed by atoms with van der Waals surface area (Å²) in [7, 11) is 1.57. The number of likely N-dealkylation sites (N-methyl/N-ethyl adjacent to an activating group) is 1. The molecule has 0 saturated carbocycles. The molecule has 10 heteroatoms. The number of ether oxygens (including phenoxy) is 2. The van der Waals surface area contributed by atoms with Crippen LogP contribution in [0.2, 0.25) is 5.02 Å². The van der Waals surface area contributed by atoms with Gasteiger partial charge in [-0.15, -0.1) is 0 Å². The molecule has 9 nitrogen and oxygen atoms in total. The minimum Gasteiger partial charge on any atom is -0.497 e. The summed E-state index contributed by atoms with van der Waals surface area (Å²) in [5.74, 6) is 0.115. The van der Waals surface area contributed by atoms with E-state index in [1.807, 2.05) is 36.1 Å². The maximum atomic E-state index is 13.3. The molecule has 1 N–H and O–H groups in total. The molecule has 0 aliphatic carbocycles. The Morgan fingerprint density at radius 2 is 1.76 bits per heavy atom. The van der Waals surface area contributed by atoms with Crippen molar-refractivity contribution in [2.75, 3.05) is 53.0 Å². The van der Waals surface area contributed by atoms with Crippen LogP contribution in [0.1, 0.15) is 35.8 Å². The van der Waals surface area contributed by atoms with Gasteiger partial charge in [-0.1, -0.05) is 23.7 Å². The van der Waals surface area contributed by atoms with Crippen molar-refractivity contribution in [2.24, 2.45) is 0 Å². The second kappa shape index (κ2) is 12.3. The van der Waals surface area contributed by atoms with Gasteiger partial charge in [0.2, 0.25) is 0 Å². The average Bonchev–Trinajstić information content (AvgIpc) is 2.93. The molecule has 2 aliphatic rings. The van der Waals surface area contributed by atoms with E-state index < -0.39 is 12.0 Å². The average molecular weight is 541 g/mol. The summed E-state index contributed by atoms with van der Waals surface area (Å²) in [4.78, 5) is 45.0. The molecule has 0 unspecified atom stereocenters. The molecule has 1 fully saturated rings. The van der Waals surface area contributed by atoms with E-state index in [1.54, 1.807) is 43.2 Å². The number of piperazine rings is 1. The first-order chi connectivity index (χ1) is 18.4. The molecule has 0 aromatic heterocycles. The summed E-state index contributed by atoms with van der Waals surface area (Å²) in [5.41, 5.74) is 2.34. The molecule has 2 aromatic rings. The van der Waals surface area contributed by atoms with Crippen molar-refractivity contribution in [3.8, 4) is 5.75 Å². The van der Waals surface area contributed by atoms with Gasteiger partial charge in [-0.05, 0) is 55.8 Å². The summed E-state index contributed by atoms with van der Waals surface area (Å²) in [5, 5.41) is 3.56. The number of hydrogen-bond donors (Lipinski definition) is 1. The highest BCUT2D eigenvalue weighted by Gasteiger charge is 2.38. The summed E-state index contributed by atoms with van der Waals surface area (Å²) in [6.45, 7) is 6.87. The van der Waals surface area contributed by atoms with Gasteiger partial charge in [0.05, 0.1) is 25.3 Å². The molecular weight excluding hydrogens is 508 g/mol. The van der Waals surface area contributed by atoms with Crippen molar-refractivity contribution in [1.82, 2.24) is 20.0 Å². The lowest BCUT2D eigenvalue weighted by Crippen LogP contribution is -2.53. The van der Waals surface area contributed by atoms with Crippen LogP contribution in [0.3, 0.4) is 0 Å². The molecule has 0 spiro atoms. The van der Waals surface area contributed by atoms with Gasteiger partial charge in [0.25, 0.3) is 5.91 Å². The van der Waals surface area contributed by atoms with E-state index in [-0.39, 0.29) is 18.5 Å². The van der Waals surface area contributed by atoms with Crippen LogP contribution in [0.15, 0.2) is 59.8 Å². The summed E-state index contributed by atoms with van der Waals surface area (Å²) in [6, 6.07) is 13.2. The third kappa shape index (κ3) is 5.95. The molecule has 2 aliphatic heterocycles. The van der Waals surface area contributed by atoms with Gasteiger partial charge >= 0.3 is 12.0 Å². The Morgan fingerprint density at radius 1 is 1.05 bits per heavy atom. The lowest BCUT2D eigenvalue weighted by atomic mass is 9.94. The van der Waals surface area contributed by atoms with Crippen molar-refractivity contribution in [2.45, 2.75) is 19.9 Å². The molecule has 4 rings (SSSR count). The van der Waals surface area contributed by atoms with E-state index in [0.717, 1.165) is 5.56 Å². The third-order valence-electron chi connectivity index (χ3n) is 6.80. The van der Waals surface area contributed by atoms with Crippen molar-refractivity contribution in [3.05, 3.63) is 76.0 Å². The lowest BCUT2D eigenvalue weighted by Gasteiger charge is -2.40. The molecule has 1 atom stereocenters. The van der Waals surface area contributed by atoms with Gasteiger partial charge in [-0.3, -0.25) is 14.6 Å². The van der Waals surface area contributed by atoms with E-state index in [0.29, 0.717) is 66.9 Å². The zero-order valence-corrected chi connectivity index (χ0v) is 22.7. The largest absolute Gasteiger partial charge is 0.497 e. The molecule has 3 amide bonds. The number of amides is 3. The Labute approximate surface area is 227 Å². The number of carbonyl (C=O) groups excluding carboxylic acids is 3. The van der Waals surface area contributed by atoms with E-state index in [9.17, 15) is 14.4 Å². The molecule has 1 saturated heterocycles. The van der Waals surface area contributed by atoms with Crippen LogP contribution in [-0.4, -0.2) is 85.6 Å². The predicted octanol–water partition coefficient (Wildman–Crippen LogP) is 3.71. The molecule has 2 heterocycles. The number of benzene rings is 2. The topological polar surface area (TPSA) is 91.4 Å². The first-order valence-corrected chi connectivity index (χ1v) is 13.1. The van der Waals surface area contributed by atoms with Gasteiger partial charge in [0.1, 0.15) is 5.75 Å². The highest BCUT2D eigenvalue weighted by atomic mass is 35.5. The van der Waals surface area contributed by atoms with Gasteiger partial charge in [0, 0.05) is 55.6 Å². The second-order valence-corrected chi connectivity index (χ2v) is 9.50. The Kier molecular flexibility index (Phi) is 8.91. The monoisotopic (exact) mass is 540 g/mol. The Bertz CT molecular complexity index is 1210. The predicted molar refractivity (Wildman–Crippen MR) is 144 cm³/mol. The van der Waals surface area contributed by atoms with Gasteiger partial charge in [-0.2, -0.15) is 0 Å². The highest BCUT2D eigenvalue weighted by molar-refractivity contribution is 6.30. The fourth-order valence-corrected chi connectivity index (χ4v) is 4.95. The summed E-state index contributed by atoms with van der Waals surface area (Å²) in [6.07, 6.45) is 0. The van der Waals surface area contributed by atoms with E-state index in [1.165, 1.54) is 0 Å². The van der Waals surface area contributed by atoms with Crippen LogP contribution in [0, 0.1) is 0 Å². The van der Waals surface area contributed by atoms with Crippen LogP contribution in [0.25, 0.3) is 0 Å². The first-order valence-electron chi connectivity index (χ1n) is 12.8. The Morgan fingerprint density at radius 3 is 2.39 bits per heavy atom. The minimum atomic E-state index is -0.678. The van der Waals surface area contributed by atoms with Crippen molar-refractivity contribution >= 4 is 29.5 Å². The lowest BCUT2D eigenvalue weighted by molar-refractivity contribution is -0.139. The van der Waals surface area contributed by atoms with Crippen molar-refractivity contribution < 1.29 is 23.9 Å². The van der Waals surface area contributed by atoms with Crippen molar-refractivity contribution in [1.29, 1.82) is 0 Å². The van der Waals surface area contributed by atoms with Crippen molar-refractivity contribution in [3.63, 3.8) is 0 Å². The number of urea groups is 1. The normalized spacial score (nSPS) is 18.3. The minimum absolute atomic E-state index is 0.0435. The second-order valence-electron chi connectivity index (χ2n) is 9.06. The molecule has 0 radical (unpaired) electrons. The summed E-state index contributed by atoms with van der Waals surface area (Å²) >= 11 is 5.96. The number of methoxy groups -OCH3 is 1. The van der Waals surface area contributed by atoms with Crippen LogP contribution in [-0.2, 0) is 9.53 Å². The van der Waals surface area contributed by atoms with Gasteiger partial charge < -0.3 is 19.7 Å². The smallest absolute Gasteiger partial charge is 0.338 e. The quantitative estimate of drug-likeness (QED) is 0.513. The fraction of sp³-hybridized carbons (Fsp3) is 0.393. The van der Waals surface area contributed by atoms with Crippen LogP contribution in [0.5, 0.6) is 5.75 Å². The Hall–Kier alpha value is -3.56. The maximum Gasteiger partial charge on any atom is 0.338 e. The highest BCUT2D eigenvalue weighted by Crippen LogP contribution is 2.33. The fourth-order valence-electron chi connectivity index (χ4n) is 4.82. The molecule has 202 valence electrons. The molecule has 38 heavy (non-hydrogen) atoms. The number of nitrogens with zero attached hydrogens (tertiary/aromatic N) is 3. The van der Waals surface area contributed by atoms with Crippen LogP contribution >= 0.6 is 11.6 Å². The zero-order valence-electron chi connectivity index (χ0n) is 21.9. The van der Waals surface area contributed by atoms with E-state index in [4.69, 9.17) is 21.1 Å². The number of carbonyl (C=O) groups is 3. The maximum absolute atomic E-state index is 13.3. The number of nitrogens with one attached hydrogen (secondary N) is 1. The third-order valence-corrected chi connectivity index (χ3v) is 7.05. The van der Waals surface area contributed by atoms with Crippen LogP contribution in [0.4, 0.5) is 4.79 Å². The molecule has 0 bridgehead atoms. The van der Waals surface area contributed by atoms with Crippen LogP contribution < -0.4 is 10.1 Å². The van der Waals surface area contributed by atoms with Gasteiger partial charge in [-0.25, -0.2) is 9.59 Å². The zero-order chi connectivity index (χ0) is 27.2. The first kappa shape index (κ1) is 27.5. The van der Waals surface area contributed by atoms with E-state index in [2.05, 4.69) is 10.2 Å². The molecular formula is C28H33ClN4O5. The Balaban J connectivity index is 1.60. The SMILES string of the molecule is CCOC(=O)C1=C(CN2CCN(C(=O)c3ccc(Cl)cc3)CC2)N(CC)C(=O)N[C@@H]1c1cccc(OC)c1. The number of hydrogen-bond acceptors (Lipinski definition) is 6. The van der Waals surface area contributed by atoms with E-state index >= 15 is 0 Å². The number of halogens is 1. The standard InChI is InChI=1S/C28H33ClN4O5/c1-4-33-23(18-31-13-15-32(16-14-31)26(34)19-9-11-21(29)12-10-19)24(27(35)38-5-2)25(30-28(33)36)20-7-6-8-22(17-20)37-3/h6-12,17,25H,4-5,13-16,18H2,1-3H3,(H,30,36)/t25-/m1/s1. The number of esters is 1. The summed E-state index contributed by atoms with van der Waals surface area (Å²) < 4.78 is 10.8. The van der Waals surface area contributed by atoms with Gasteiger partial charge in [0.15, 0.2) is 0 Å².